The fraction of sp³-hybridized carbons (Fsp3) is 1.00. The van der Waals surface area contributed by atoms with Gasteiger partial charge in [0.25, 0.3) is 0 Å². The first-order valence-electron chi connectivity index (χ1n) is 13.7. The van der Waals surface area contributed by atoms with Gasteiger partial charge in [-0.05, 0) is 0 Å². The van der Waals surface area contributed by atoms with E-state index in [0.29, 0.717) is 0 Å². The van der Waals surface area contributed by atoms with Gasteiger partial charge in [-0.3, -0.25) is 46.5 Å². The predicted molar refractivity (Wildman–Crippen MR) is 170 cm³/mol. The van der Waals surface area contributed by atoms with E-state index in [1.807, 2.05) is 0 Å². The Bertz CT molecular complexity index is 1890. The third kappa shape index (κ3) is 29.0. The molecule has 0 saturated heterocycles. The largest absolute Gasteiger partial charge is 0.772 e. The molecule has 2 saturated carbocycles. The molecule has 0 spiro atoms. The highest BCUT2D eigenvalue weighted by molar-refractivity contribution is 7.82. The molecule has 0 unspecified atom stereocenters. The van der Waals surface area contributed by atoms with Gasteiger partial charge in [-0.1, -0.05) is 13.8 Å². The zero-order valence-electron chi connectivity index (χ0n) is 29.7. The second-order valence-electron chi connectivity index (χ2n) is 10.2. The summed E-state index contributed by atoms with van der Waals surface area (Å²) in [6.07, 6.45) is -23.2. The molecule has 50 heteroatoms. The Kier molecular flexibility index (Phi) is 34.7. The van der Waals surface area contributed by atoms with Crippen molar-refractivity contribution in [1.82, 2.24) is 0 Å². The molecule has 0 bridgehead atoms. The van der Waals surface area contributed by atoms with Gasteiger partial charge in [-0.25, -0.2) is 34.9 Å². The number of hydrogen-bond acceptors (Lipinski definition) is 36. The normalized spacial score (nSPS) is 28.7. The van der Waals surface area contributed by atoms with Crippen LogP contribution in [0.1, 0.15) is 13.8 Å². The molecule has 0 aromatic heterocycles. The molecule has 12 atom stereocenters. The van der Waals surface area contributed by atoms with Gasteiger partial charge in [0.05, 0.1) is 17.4 Å². The van der Waals surface area contributed by atoms with Crippen LogP contribution < -0.4 is 30.8 Å². The lowest BCUT2D eigenvalue weighted by atomic mass is 9.79. The van der Waals surface area contributed by atoms with Gasteiger partial charge in [0.1, 0.15) is 48.8 Å². The lowest BCUT2D eigenvalue weighted by Gasteiger charge is -2.47. The van der Waals surface area contributed by atoms with Gasteiger partial charge >= 0.3 is 62.4 Å². The summed E-state index contributed by atoms with van der Waals surface area (Å²) in [7, 11) is -34.5. The molecule has 6 N–H and O–H groups in total. The minimum atomic E-state index is -5.43. The van der Waals surface area contributed by atoms with Crippen molar-refractivity contribution < 1.29 is 181 Å². The fourth-order valence-corrected chi connectivity index (χ4v) is 8.11. The molecule has 2 fully saturated rings. The summed E-state index contributed by atoms with van der Waals surface area (Å²) in [5, 5.41) is 48.4. The van der Waals surface area contributed by atoms with Crippen LogP contribution in [0.15, 0.2) is 0 Å². The van der Waals surface area contributed by atoms with Crippen molar-refractivity contribution in [2.75, 3.05) is 0 Å². The van der Waals surface area contributed by atoms with E-state index in [9.17, 15) is 71.5 Å². The molecular formula is C14H24O40P2S8-6. The van der Waals surface area contributed by atoms with Crippen molar-refractivity contribution in [3.05, 3.63) is 0 Å². The first-order valence-corrected chi connectivity index (χ1v) is 24.0. The maximum atomic E-state index is 11.0. The summed E-state index contributed by atoms with van der Waals surface area (Å²) < 4.78 is 241. The quantitative estimate of drug-likeness (QED) is 0.0321. The molecular weight excluding hydrogens is 1130 g/mol. The minimum Gasteiger partial charge on any atom is -0.772 e. The van der Waals surface area contributed by atoms with Gasteiger partial charge < -0.3 is 40.6 Å². The molecule has 2 aliphatic carbocycles. The van der Waals surface area contributed by atoms with E-state index in [0.717, 1.165) is 13.8 Å². The molecule has 2 rings (SSSR count). The molecule has 0 amide bonds. The molecule has 0 aliphatic heterocycles. The van der Waals surface area contributed by atoms with Crippen LogP contribution in [-0.4, -0.2) is 147 Å². The Labute approximate surface area is 371 Å². The van der Waals surface area contributed by atoms with Crippen LogP contribution in [0.5, 0.6) is 0 Å². The van der Waals surface area contributed by atoms with E-state index >= 15 is 0 Å². The van der Waals surface area contributed by atoms with Gasteiger partial charge in [0.2, 0.25) is 0 Å². The highest BCUT2D eigenvalue weighted by atomic mass is 32.3. The lowest BCUT2D eigenvalue weighted by Crippen LogP contribution is -2.65. The molecule has 40 nitrogen and oxygen atoms in total. The van der Waals surface area contributed by atoms with E-state index in [4.69, 9.17) is 54.7 Å². The topological polar surface area (TPSA) is 644 Å². The van der Waals surface area contributed by atoms with Crippen LogP contribution in [0, 0.1) is 11.8 Å². The second-order valence-corrected chi connectivity index (χ2v) is 16.8. The van der Waals surface area contributed by atoms with Crippen LogP contribution in [0.25, 0.3) is 0 Å². The summed E-state index contributed by atoms with van der Waals surface area (Å²) >= 11 is 5.67. The van der Waals surface area contributed by atoms with E-state index in [2.05, 4.69) is 79.8 Å². The maximum absolute atomic E-state index is 11.0. The standard InChI is InChI=1S/2C7H14O17S3.2HO2P.2OS/c2*1-2-3(21-25(10,11)12)5(19-8)6(20-24-9)7(23-27(16,17)18)4(2)22-26(13,14)15;2*1-3-2;2*1-2/h2*2-9H,1H3,(H,10,11,12)(H,13,14,15)(H,16,17,18);2*(H,1,2);;/p-6/t2-,3-,4+,5+,6-,7+;2-,3-,4+,5+,6-,7-;;;;/m11..../s1. The monoisotopic (exact) mass is 1150 g/mol. The zero-order valence-corrected chi connectivity index (χ0v) is 38.0. The van der Waals surface area contributed by atoms with Crippen LogP contribution >= 0.6 is 17.4 Å². The molecule has 64 heavy (non-hydrogen) atoms. The van der Waals surface area contributed by atoms with E-state index in [1.165, 1.54) is 0 Å². The highest BCUT2D eigenvalue weighted by Crippen LogP contribution is 2.38. The molecule has 2 aliphatic rings. The van der Waals surface area contributed by atoms with E-state index in [-0.39, 0.29) is 0 Å². The fourth-order valence-electron chi connectivity index (χ4n) is 4.85. The molecule has 0 aromatic rings. The number of rotatable bonds is 18. The smallest absolute Gasteiger partial charge is 0.397 e. The van der Waals surface area contributed by atoms with Gasteiger partial charge in [-0.2, -0.15) is 58.9 Å². The van der Waals surface area contributed by atoms with E-state index < -0.39 is 153 Å². The Morgan fingerprint density at radius 1 is 0.375 bits per heavy atom. The Morgan fingerprint density at radius 2 is 0.531 bits per heavy atom. The van der Waals surface area contributed by atoms with Crippen LogP contribution in [0.4, 0.5) is 0 Å². The summed E-state index contributed by atoms with van der Waals surface area (Å²) in [6.45, 7) is 1.76. The summed E-state index contributed by atoms with van der Waals surface area (Å²) in [4.78, 5) is 31.9. The van der Waals surface area contributed by atoms with Gasteiger partial charge in [0.15, 0.2) is 37.3 Å². The average Bonchev–Trinajstić information content (AvgIpc) is 3.12. The third-order valence-corrected chi connectivity index (χ3v) is 9.38. The van der Waals surface area contributed by atoms with Crippen molar-refractivity contribution in [1.29, 1.82) is 0 Å². The predicted octanol–water partition coefficient (Wildman–Crippen LogP) is -10.7. The Hall–Kier alpha value is -1.02. The van der Waals surface area contributed by atoms with Crippen LogP contribution in [-0.2, 0) is 151 Å². The highest BCUT2D eigenvalue weighted by Gasteiger charge is 2.57. The van der Waals surface area contributed by atoms with Crippen molar-refractivity contribution in [3.63, 3.8) is 0 Å². The summed E-state index contributed by atoms with van der Waals surface area (Å²) in [6, 6.07) is 0. The molecule has 384 valence electrons. The Balaban J connectivity index is -0.000000467. The maximum Gasteiger partial charge on any atom is 0.397 e. The Morgan fingerprint density at radius 3 is 0.672 bits per heavy atom. The SMILES string of the molecule is C[C@@H]1[C@@H](OS(=O)(=O)O)[C@H](O[O-])[C@@H](OO[O-])[C@@H](OS(=O)(=O)O)[C@H]1OS(=O)(=O)O.C[C@@H]1[C@@H](OS(=O)(=O)O)[C@H](O[O-])[C@@H](OO[O-])[C@H](OS(=O)(=O)O)[C@H]1OS(=O)(=O)O.O=P[O-].O=P[O-].O=S.O=S. The minimum absolute atomic E-state index is 0.881. The van der Waals surface area contributed by atoms with Crippen molar-refractivity contribution in [2.24, 2.45) is 11.8 Å². The third-order valence-electron chi connectivity index (χ3n) is 6.58. The van der Waals surface area contributed by atoms with Gasteiger partial charge in [0, 0.05) is 11.8 Å². The van der Waals surface area contributed by atoms with Crippen molar-refractivity contribution >= 4 is 105 Å². The summed E-state index contributed by atoms with van der Waals surface area (Å²) in [5.74, 6) is -3.46. The van der Waals surface area contributed by atoms with E-state index in [1.54, 1.807) is 0 Å². The molecule has 0 radical (unpaired) electrons. The average molecular weight is 1150 g/mol. The van der Waals surface area contributed by atoms with Crippen molar-refractivity contribution in [2.45, 2.75) is 74.9 Å². The first-order chi connectivity index (χ1) is 29.0. The first kappa shape index (κ1) is 69.5. The zero-order chi connectivity index (χ0) is 51.8. The summed E-state index contributed by atoms with van der Waals surface area (Å²) in [5.41, 5.74) is 0. The van der Waals surface area contributed by atoms with Crippen LogP contribution in [0.3, 0.4) is 0 Å². The molecule has 0 heterocycles. The van der Waals surface area contributed by atoms with Gasteiger partial charge in [-0.15, -0.1) is 0 Å². The van der Waals surface area contributed by atoms with Crippen molar-refractivity contribution in [3.8, 4) is 0 Å². The second kappa shape index (κ2) is 31.9. The number of hydrogen-bond donors (Lipinski definition) is 6. The van der Waals surface area contributed by atoms with Crippen LogP contribution in [0.2, 0.25) is 0 Å². The lowest BCUT2D eigenvalue weighted by molar-refractivity contribution is -0.812. The molecule has 0 aromatic carbocycles.